The summed E-state index contributed by atoms with van der Waals surface area (Å²) in [5.74, 6) is 1.40. The summed E-state index contributed by atoms with van der Waals surface area (Å²) in [5.41, 5.74) is 0.887. The number of rotatable bonds is 9. The average Bonchev–Trinajstić information content (AvgIpc) is 2.70. The van der Waals surface area contributed by atoms with E-state index < -0.39 is 0 Å². The van der Waals surface area contributed by atoms with E-state index in [2.05, 4.69) is 17.1 Å². The molecule has 2 rings (SSSR count). The first kappa shape index (κ1) is 22.4. The lowest BCUT2D eigenvalue weighted by atomic mass is 9.97. The van der Waals surface area contributed by atoms with E-state index >= 15 is 0 Å². The molecule has 0 aliphatic carbocycles. The van der Waals surface area contributed by atoms with Gasteiger partial charge in [0.1, 0.15) is 0 Å². The zero-order valence-electron chi connectivity index (χ0n) is 17.7. The molecule has 1 saturated heterocycles. The van der Waals surface area contributed by atoms with Gasteiger partial charge in [0.15, 0.2) is 17.5 Å². The molecule has 28 heavy (non-hydrogen) atoms. The molecule has 1 aliphatic heterocycles. The number of halogens is 1. The fraction of sp³-hybridized carbons (Fsp3) is 0.667. The minimum atomic E-state index is -0.337. The van der Waals surface area contributed by atoms with Gasteiger partial charge in [0.25, 0.3) is 0 Å². The molecule has 1 aromatic rings. The Morgan fingerprint density at radius 3 is 2.68 bits per heavy atom. The topological polar surface area (TPSA) is 49.3 Å². The number of nitrogens with one attached hydrogen (secondary N) is 1. The van der Waals surface area contributed by atoms with Crippen LogP contribution < -0.4 is 10.1 Å². The number of nitrogens with zero attached hydrogens (tertiary/aromatic N) is 3. The van der Waals surface area contributed by atoms with Crippen LogP contribution in [-0.4, -0.2) is 76.4 Å². The van der Waals surface area contributed by atoms with Crippen molar-refractivity contribution in [2.75, 3.05) is 60.6 Å². The van der Waals surface area contributed by atoms with E-state index in [0.29, 0.717) is 12.5 Å². The molecule has 0 saturated carbocycles. The lowest BCUT2D eigenvalue weighted by Crippen LogP contribution is -2.40. The largest absolute Gasteiger partial charge is 0.494 e. The maximum Gasteiger partial charge on any atom is 0.193 e. The number of hydrogen-bond donors (Lipinski definition) is 1. The van der Waals surface area contributed by atoms with Crippen LogP contribution in [0.5, 0.6) is 5.75 Å². The Balaban J connectivity index is 1.89. The van der Waals surface area contributed by atoms with Crippen LogP contribution >= 0.6 is 0 Å². The average molecular weight is 395 g/mol. The van der Waals surface area contributed by atoms with Crippen LogP contribution in [0.15, 0.2) is 23.2 Å². The van der Waals surface area contributed by atoms with Crippen molar-refractivity contribution in [1.29, 1.82) is 0 Å². The zero-order valence-corrected chi connectivity index (χ0v) is 17.7. The van der Waals surface area contributed by atoms with Crippen molar-refractivity contribution >= 4 is 5.96 Å². The molecular formula is C21H35FN4O2. The van der Waals surface area contributed by atoms with E-state index in [9.17, 15) is 4.39 Å². The van der Waals surface area contributed by atoms with E-state index in [1.807, 2.05) is 18.0 Å². The number of hydrogen-bond acceptors (Lipinski definition) is 4. The highest BCUT2D eigenvalue weighted by molar-refractivity contribution is 5.79. The van der Waals surface area contributed by atoms with Gasteiger partial charge in [-0.2, -0.15) is 0 Å². The molecule has 1 fully saturated rings. The fourth-order valence-corrected chi connectivity index (χ4v) is 3.46. The van der Waals surface area contributed by atoms with Crippen molar-refractivity contribution < 1.29 is 13.9 Å². The van der Waals surface area contributed by atoms with Gasteiger partial charge >= 0.3 is 0 Å². The van der Waals surface area contributed by atoms with Crippen LogP contribution in [0.4, 0.5) is 4.39 Å². The summed E-state index contributed by atoms with van der Waals surface area (Å²) in [6.45, 7) is 8.30. The van der Waals surface area contributed by atoms with Gasteiger partial charge in [-0.25, -0.2) is 4.39 Å². The molecule has 0 radical (unpaired) electrons. The third kappa shape index (κ3) is 6.95. The van der Waals surface area contributed by atoms with Gasteiger partial charge in [-0.05, 0) is 56.5 Å². The molecule has 0 aromatic heterocycles. The highest BCUT2D eigenvalue weighted by atomic mass is 19.1. The van der Waals surface area contributed by atoms with Gasteiger partial charge in [-0.15, -0.1) is 0 Å². The third-order valence-electron chi connectivity index (χ3n) is 5.15. The van der Waals surface area contributed by atoms with Crippen molar-refractivity contribution in [1.82, 2.24) is 15.1 Å². The Morgan fingerprint density at radius 1 is 1.32 bits per heavy atom. The summed E-state index contributed by atoms with van der Waals surface area (Å²) < 4.78 is 24.1. The first-order chi connectivity index (χ1) is 13.6. The van der Waals surface area contributed by atoms with E-state index in [0.717, 1.165) is 50.9 Å². The van der Waals surface area contributed by atoms with Crippen molar-refractivity contribution in [3.63, 3.8) is 0 Å². The predicted molar refractivity (Wildman–Crippen MR) is 111 cm³/mol. The first-order valence-corrected chi connectivity index (χ1v) is 10.1. The van der Waals surface area contributed by atoms with Gasteiger partial charge in [-0.1, -0.05) is 6.07 Å². The van der Waals surface area contributed by atoms with Crippen molar-refractivity contribution in [3.8, 4) is 5.75 Å². The summed E-state index contributed by atoms with van der Waals surface area (Å²) in [7, 11) is 5.21. The molecule has 0 unspecified atom stereocenters. The zero-order chi connectivity index (χ0) is 20.4. The molecule has 6 nitrogen and oxygen atoms in total. The van der Waals surface area contributed by atoms with Crippen LogP contribution in [-0.2, 0) is 11.3 Å². The monoisotopic (exact) mass is 394 g/mol. The highest BCUT2D eigenvalue weighted by Crippen LogP contribution is 2.19. The molecule has 1 N–H and O–H groups in total. The lowest BCUT2D eigenvalue weighted by molar-refractivity contribution is 0.121. The van der Waals surface area contributed by atoms with Crippen LogP contribution in [0.3, 0.4) is 0 Å². The van der Waals surface area contributed by atoms with Gasteiger partial charge in [-0.3, -0.25) is 4.99 Å². The second kappa shape index (κ2) is 11.9. The SMILES string of the molecule is CCNC(=NCC1CCN(CCOC)CC1)N(C)Cc1ccc(OC)c(F)c1. The number of methoxy groups -OCH3 is 2. The van der Waals surface area contributed by atoms with Gasteiger partial charge < -0.3 is 24.6 Å². The highest BCUT2D eigenvalue weighted by Gasteiger charge is 2.19. The van der Waals surface area contributed by atoms with E-state index in [4.69, 9.17) is 14.5 Å². The normalized spacial score (nSPS) is 16.2. The Hall–Kier alpha value is -1.86. The van der Waals surface area contributed by atoms with Crippen molar-refractivity contribution in [2.45, 2.75) is 26.3 Å². The van der Waals surface area contributed by atoms with Crippen LogP contribution in [0.1, 0.15) is 25.3 Å². The minimum Gasteiger partial charge on any atom is -0.494 e. The Kier molecular flexibility index (Phi) is 9.50. The second-order valence-corrected chi connectivity index (χ2v) is 7.30. The van der Waals surface area contributed by atoms with Crippen LogP contribution in [0.25, 0.3) is 0 Å². The number of likely N-dealkylation sites (tertiary alicyclic amines) is 1. The Morgan fingerprint density at radius 2 is 2.07 bits per heavy atom. The van der Waals surface area contributed by atoms with Crippen LogP contribution in [0.2, 0.25) is 0 Å². The summed E-state index contributed by atoms with van der Waals surface area (Å²) >= 11 is 0. The summed E-state index contributed by atoms with van der Waals surface area (Å²) in [6.07, 6.45) is 2.33. The molecule has 1 aromatic carbocycles. The maximum atomic E-state index is 13.9. The quantitative estimate of drug-likeness (QED) is 0.515. The second-order valence-electron chi connectivity index (χ2n) is 7.30. The Labute approximate surface area is 168 Å². The molecule has 0 amide bonds. The van der Waals surface area contributed by atoms with Crippen LogP contribution in [0, 0.1) is 11.7 Å². The first-order valence-electron chi connectivity index (χ1n) is 10.1. The van der Waals surface area contributed by atoms with Gasteiger partial charge in [0, 0.05) is 40.3 Å². The van der Waals surface area contributed by atoms with E-state index in [-0.39, 0.29) is 11.6 Å². The number of piperidine rings is 1. The molecule has 7 heteroatoms. The van der Waals surface area contributed by atoms with Gasteiger partial charge in [0.2, 0.25) is 0 Å². The summed E-state index contributed by atoms with van der Waals surface area (Å²) in [5, 5.41) is 3.35. The maximum absolute atomic E-state index is 13.9. The molecule has 0 spiro atoms. The molecular weight excluding hydrogens is 359 g/mol. The number of guanidine groups is 1. The minimum absolute atomic E-state index is 0.267. The standard InChI is InChI=1S/C21H35FN4O2/c1-5-23-21(24-15-17-8-10-26(11-9-17)12-13-27-3)25(2)16-18-6-7-20(28-4)19(22)14-18/h6-7,14,17H,5,8-13,15-16H2,1-4H3,(H,23,24). The summed E-state index contributed by atoms with van der Waals surface area (Å²) in [6, 6.07) is 5.08. The number of benzene rings is 1. The van der Waals surface area contributed by atoms with Gasteiger partial charge in [0.05, 0.1) is 13.7 Å². The number of aliphatic imine (C=N–C) groups is 1. The number of ether oxygens (including phenoxy) is 2. The molecule has 1 aliphatic rings. The lowest BCUT2D eigenvalue weighted by Gasteiger charge is -2.31. The van der Waals surface area contributed by atoms with E-state index in [1.165, 1.54) is 26.0 Å². The fourth-order valence-electron chi connectivity index (χ4n) is 3.46. The van der Waals surface area contributed by atoms with E-state index in [1.54, 1.807) is 13.2 Å². The van der Waals surface area contributed by atoms with Crippen molar-refractivity contribution in [2.24, 2.45) is 10.9 Å². The predicted octanol–water partition coefficient (Wildman–Crippen LogP) is 2.59. The Bertz CT molecular complexity index is 618. The molecule has 1 heterocycles. The molecule has 0 bridgehead atoms. The third-order valence-corrected chi connectivity index (χ3v) is 5.15. The van der Waals surface area contributed by atoms with Crippen molar-refractivity contribution in [3.05, 3.63) is 29.6 Å². The summed E-state index contributed by atoms with van der Waals surface area (Å²) in [4.78, 5) is 9.34. The smallest absolute Gasteiger partial charge is 0.193 e. The molecule has 0 atom stereocenters. The molecule has 158 valence electrons.